The summed E-state index contributed by atoms with van der Waals surface area (Å²) in [6, 6.07) is 12.5. The molecule has 2 N–H and O–H groups in total. The molecule has 0 atom stereocenters. The van der Waals surface area contributed by atoms with Crippen molar-refractivity contribution in [2.24, 2.45) is 5.92 Å². The zero-order chi connectivity index (χ0) is 22.0. The lowest BCUT2D eigenvalue weighted by Crippen LogP contribution is -2.30. The van der Waals surface area contributed by atoms with E-state index in [0.717, 1.165) is 36.1 Å². The third-order valence-corrected chi connectivity index (χ3v) is 7.17. The van der Waals surface area contributed by atoms with Crippen molar-refractivity contribution < 1.29 is 18.0 Å². The van der Waals surface area contributed by atoms with Gasteiger partial charge in [-0.2, -0.15) is 0 Å². The average molecular weight is 442 g/mol. The molecule has 1 fully saturated rings. The fourth-order valence-electron chi connectivity index (χ4n) is 3.80. The fraction of sp³-hybridized carbons (Fsp3) is 0.391. The quantitative estimate of drug-likeness (QED) is 0.658. The van der Waals surface area contributed by atoms with Gasteiger partial charge in [-0.15, -0.1) is 0 Å². The number of carbonyl (C=O) groups excluding carboxylic acids is 2. The average Bonchev–Trinajstić information content (AvgIpc) is 3.52. The summed E-state index contributed by atoms with van der Waals surface area (Å²) in [5.74, 6) is 0.0220. The number of amides is 2. The van der Waals surface area contributed by atoms with Crippen LogP contribution in [0.25, 0.3) is 0 Å². The molecule has 2 amide bonds. The summed E-state index contributed by atoms with van der Waals surface area (Å²) in [4.78, 5) is 26.5. The van der Waals surface area contributed by atoms with E-state index in [1.165, 1.54) is 6.07 Å². The topological polar surface area (TPSA) is 95.6 Å². The third-order valence-electron chi connectivity index (χ3n) is 5.71. The monoisotopic (exact) mass is 441 g/mol. The number of benzene rings is 2. The van der Waals surface area contributed by atoms with Crippen LogP contribution in [-0.2, 0) is 32.5 Å². The van der Waals surface area contributed by atoms with Gasteiger partial charge in [-0.25, -0.2) is 13.1 Å². The van der Waals surface area contributed by atoms with Gasteiger partial charge in [0.2, 0.25) is 21.8 Å². The first kappa shape index (κ1) is 21.5. The SMILES string of the molecule is CCc1cccc(NC(=O)CCNS(=O)(=O)c2ccc3c(c2)CCN3C(=O)C2CC2)c1. The molecular formula is C23H27N3O4S. The Morgan fingerprint density at radius 2 is 1.94 bits per heavy atom. The van der Waals surface area contributed by atoms with Crippen molar-refractivity contribution >= 4 is 33.2 Å². The van der Waals surface area contributed by atoms with Crippen LogP contribution >= 0.6 is 0 Å². The van der Waals surface area contributed by atoms with Crippen LogP contribution in [0.15, 0.2) is 47.4 Å². The highest BCUT2D eigenvalue weighted by Crippen LogP contribution is 2.37. The first-order chi connectivity index (χ1) is 14.9. The van der Waals surface area contributed by atoms with E-state index in [1.807, 2.05) is 31.2 Å². The van der Waals surface area contributed by atoms with Crippen molar-refractivity contribution in [3.63, 3.8) is 0 Å². The summed E-state index contributed by atoms with van der Waals surface area (Å²) in [6.07, 6.45) is 3.44. The minimum absolute atomic E-state index is 0.00497. The largest absolute Gasteiger partial charge is 0.326 e. The molecule has 1 saturated carbocycles. The standard InChI is InChI=1S/C23H27N3O4S/c1-2-16-4-3-5-19(14-16)25-22(27)10-12-24-31(29,30)20-8-9-21-18(15-20)11-13-26(21)23(28)17-6-7-17/h3-5,8-9,14-15,17,24H,2,6-7,10-13H2,1H3,(H,25,27). The molecule has 2 aromatic carbocycles. The first-order valence-corrected chi connectivity index (χ1v) is 12.2. The van der Waals surface area contributed by atoms with Crippen LogP contribution in [0.2, 0.25) is 0 Å². The van der Waals surface area contributed by atoms with Crippen molar-refractivity contribution in [1.82, 2.24) is 4.72 Å². The van der Waals surface area contributed by atoms with Gasteiger partial charge in [0.15, 0.2) is 0 Å². The van der Waals surface area contributed by atoms with Gasteiger partial charge in [0, 0.05) is 36.8 Å². The molecule has 0 unspecified atom stereocenters. The van der Waals surface area contributed by atoms with E-state index >= 15 is 0 Å². The fourth-order valence-corrected chi connectivity index (χ4v) is 4.88. The number of rotatable bonds is 8. The van der Waals surface area contributed by atoms with Crippen LogP contribution in [0.1, 0.15) is 37.3 Å². The highest BCUT2D eigenvalue weighted by atomic mass is 32.2. The summed E-state index contributed by atoms with van der Waals surface area (Å²) in [7, 11) is -3.74. The Morgan fingerprint density at radius 1 is 1.13 bits per heavy atom. The highest BCUT2D eigenvalue weighted by Gasteiger charge is 2.36. The lowest BCUT2D eigenvalue weighted by molar-refractivity contribution is -0.119. The Labute approximate surface area is 182 Å². The molecule has 1 aliphatic carbocycles. The molecule has 0 saturated heterocycles. The van der Waals surface area contributed by atoms with E-state index < -0.39 is 10.0 Å². The predicted octanol–water partition coefficient (Wildman–Crippen LogP) is 2.86. The molecule has 0 bridgehead atoms. The number of sulfonamides is 1. The number of anilines is 2. The van der Waals surface area contributed by atoms with Crippen molar-refractivity contribution in [2.45, 2.75) is 43.9 Å². The van der Waals surface area contributed by atoms with Crippen LogP contribution < -0.4 is 14.9 Å². The summed E-state index contributed by atoms with van der Waals surface area (Å²) in [5, 5.41) is 2.80. The summed E-state index contributed by atoms with van der Waals surface area (Å²) in [6.45, 7) is 2.64. The second-order valence-corrected chi connectivity index (χ2v) is 9.82. The lowest BCUT2D eigenvalue weighted by atomic mass is 10.1. The molecule has 2 aromatic rings. The molecule has 0 aromatic heterocycles. The minimum Gasteiger partial charge on any atom is -0.326 e. The van der Waals surface area contributed by atoms with Gasteiger partial charge in [-0.1, -0.05) is 19.1 Å². The smallest absolute Gasteiger partial charge is 0.240 e. The van der Waals surface area contributed by atoms with Gasteiger partial charge < -0.3 is 10.2 Å². The second kappa shape index (κ2) is 8.80. The van der Waals surface area contributed by atoms with Gasteiger partial charge in [0.05, 0.1) is 4.90 Å². The number of hydrogen-bond acceptors (Lipinski definition) is 4. The van der Waals surface area contributed by atoms with Gasteiger partial charge in [-0.3, -0.25) is 9.59 Å². The molecule has 2 aliphatic rings. The van der Waals surface area contributed by atoms with Crippen LogP contribution in [-0.4, -0.2) is 33.3 Å². The zero-order valence-corrected chi connectivity index (χ0v) is 18.4. The molecule has 0 spiro atoms. The van der Waals surface area contributed by atoms with Crippen LogP contribution in [0.5, 0.6) is 0 Å². The van der Waals surface area contributed by atoms with Crippen molar-refractivity contribution in [3.8, 4) is 0 Å². The molecular weight excluding hydrogens is 414 g/mol. The summed E-state index contributed by atoms with van der Waals surface area (Å²) >= 11 is 0. The predicted molar refractivity (Wildman–Crippen MR) is 119 cm³/mol. The van der Waals surface area contributed by atoms with E-state index in [2.05, 4.69) is 10.0 Å². The van der Waals surface area contributed by atoms with Crippen LogP contribution in [0.3, 0.4) is 0 Å². The molecule has 1 aliphatic heterocycles. The Hall–Kier alpha value is -2.71. The normalized spacial score (nSPS) is 15.6. The van der Waals surface area contributed by atoms with Gasteiger partial charge in [-0.05, 0) is 67.1 Å². The molecule has 164 valence electrons. The maximum atomic E-state index is 12.7. The number of hydrogen-bond donors (Lipinski definition) is 2. The zero-order valence-electron chi connectivity index (χ0n) is 17.6. The maximum absolute atomic E-state index is 12.7. The van der Waals surface area contributed by atoms with Crippen molar-refractivity contribution in [3.05, 3.63) is 53.6 Å². The maximum Gasteiger partial charge on any atom is 0.240 e. The molecule has 1 heterocycles. The lowest BCUT2D eigenvalue weighted by Gasteiger charge is -2.17. The molecule has 4 rings (SSSR count). The first-order valence-electron chi connectivity index (χ1n) is 10.7. The number of nitrogens with one attached hydrogen (secondary N) is 2. The Kier molecular flexibility index (Phi) is 6.11. The third kappa shape index (κ3) is 4.97. The Morgan fingerprint density at radius 3 is 2.68 bits per heavy atom. The number of nitrogens with zero attached hydrogens (tertiary/aromatic N) is 1. The molecule has 7 nitrogen and oxygen atoms in total. The van der Waals surface area contributed by atoms with Crippen molar-refractivity contribution in [2.75, 3.05) is 23.3 Å². The second-order valence-electron chi connectivity index (χ2n) is 8.05. The van der Waals surface area contributed by atoms with Crippen LogP contribution in [0.4, 0.5) is 11.4 Å². The van der Waals surface area contributed by atoms with E-state index in [9.17, 15) is 18.0 Å². The summed E-state index contributed by atoms with van der Waals surface area (Å²) < 4.78 is 27.8. The molecule has 8 heteroatoms. The Balaban J connectivity index is 1.33. The minimum atomic E-state index is -3.74. The highest BCUT2D eigenvalue weighted by molar-refractivity contribution is 7.89. The van der Waals surface area contributed by atoms with Gasteiger partial charge >= 0.3 is 0 Å². The molecule has 0 radical (unpaired) electrons. The van der Waals surface area contributed by atoms with Crippen molar-refractivity contribution in [1.29, 1.82) is 0 Å². The van der Waals surface area contributed by atoms with E-state index in [0.29, 0.717) is 18.7 Å². The van der Waals surface area contributed by atoms with E-state index in [4.69, 9.17) is 0 Å². The Bertz CT molecular complexity index is 1110. The number of fused-ring (bicyclic) bond motifs is 1. The molecule has 31 heavy (non-hydrogen) atoms. The van der Waals surface area contributed by atoms with Crippen LogP contribution in [0, 0.1) is 5.92 Å². The van der Waals surface area contributed by atoms with Gasteiger partial charge in [0.1, 0.15) is 0 Å². The van der Waals surface area contributed by atoms with E-state index in [1.54, 1.807) is 17.0 Å². The van der Waals surface area contributed by atoms with E-state index in [-0.39, 0.29) is 35.6 Å². The number of aryl methyl sites for hydroxylation is 1. The van der Waals surface area contributed by atoms with Gasteiger partial charge in [0.25, 0.3) is 0 Å². The number of carbonyl (C=O) groups is 2. The summed E-state index contributed by atoms with van der Waals surface area (Å²) in [5.41, 5.74) is 3.50.